The van der Waals surface area contributed by atoms with Crippen LogP contribution in [0.2, 0.25) is 0 Å². The van der Waals surface area contributed by atoms with Crippen molar-refractivity contribution < 1.29 is 4.42 Å². The summed E-state index contributed by atoms with van der Waals surface area (Å²) in [6.45, 7) is 4.30. The monoisotopic (exact) mass is 153 g/mol. The highest BCUT2D eigenvalue weighted by molar-refractivity contribution is 5.02. The van der Waals surface area contributed by atoms with Crippen molar-refractivity contribution in [3.8, 4) is 0 Å². The quantitative estimate of drug-likeness (QED) is 0.716. The average molecular weight is 153 g/mol. The third kappa shape index (κ3) is 2.39. The zero-order chi connectivity index (χ0) is 8.32. The van der Waals surface area contributed by atoms with Gasteiger partial charge in [-0.05, 0) is 33.0 Å². The van der Waals surface area contributed by atoms with Gasteiger partial charge in [0, 0.05) is 12.0 Å². The maximum absolute atomic E-state index is 5.23. The maximum atomic E-state index is 5.23. The van der Waals surface area contributed by atoms with Gasteiger partial charge >= 0.3 is 0 Å². The summed E-state index contributed by atoms with van der Waals surface area (Å²) in [4.78, 5) is 0. The van der Waals surface area contributed by atoms with Crippen LogP contribution in [0.25, 0.3) is 0 Å². The van der Waals surface area contributed by atoms with Crippen LogP contribution in [0.15, 0.2) is 22.8 Å². The minimum atomic E-state index is 0.123. The van der Waals surface area contributed by atoms with Gasteiger partial charge in [0.05, 0.1) is 6.26 Å². The zero-order valence-electron chi connectivity index (χ0n) is 7.35. The van der Waals surface area contributed by atoms with Crippen molar-refractivity contribution in [1.29, 1.82) is 0 Å². The van der Waals surface area contributed by atoms with Gasteiger partial charge in [0.2, 0.25) is 0 Å². The fourth-order valence-electron chi connectivity index (χ4n) is 0.937. The molecule has 2 nitrogen and oxygen atoms in total. The molecule has 11 heavy (non-hydrogen) atoms. The normalized spacial score (nSPS) is 11.9. The molecule has 1 aromatic rings. The van der Waals surface area contributed by atoms with Gasteiger partial charge in [-0.1, -0.05) is 0 Å². The van der Waals surface area contributed by atoms with E-state index in [4.69, 9.17) is 4.42 Å². The van der Waals surface area contributed by atoms with Crippen molar-refractivity contribution in [2.24, 2.45) is 0 Å². The first-order chi connectivity index (χ1) is 5.14. The highest BCUT2D eigenvalue weighted by atomic mass is 16.3. The summed E-state index contributed by atoms with van der Waals surface area (Å²) in [6.07, 6.45) is 2.64. The predicted molar refractivity (Wildman–Crippen MR) is 45.6 cm³/mol. The van der Waals surface area contributed by atoms with Gasteiger partial charge in [-0.2, -0.15) is 0 Å². The number of hydrogen-bond acceptors (Lipinski definition) is 2. The molecule has 0 aromatic carbocycles. The minimum absolute atomic E-state index is 0.123. The Balaban J connectivity index is 2.56. The van der Waals surface area contributed by atoms with Crippen molar-refractivity contribution in [3.63, 3.8) is 0 Å². The van der Waals surface area contributed by atoms with Gasteiger partial charge in [0.25, 0.3) is 0 Å². The van der Waals surface area contributed by atoms with Crippen LogP contribution >= 0.6 is 0 Å². The lowest BCUT2D eigenvalue weighted by molar-refractivity contribution is 0.377. The van der Waals surface area contributed by atoms with Gasteiger partial charge in [0.1, 0.15) is 5.76 Å². The smallest absolute Gasteiger partial charge is 0.105 e. The number of furan rings is 1. The van der Waals surface area contributed by atoms with Crippen molar-refractivity contribution in [1.82, 2.24) is 5.32 Å². The van der Waals surface area contributed by atoms with E-state index < -0.39 is 0 Å². The van der Waals surface area contributed by atoms with E-state index in [-0.39, 0.29) is 5.54 Å². The molecule has 1 heterocycles. The molecule has 0 bridgehead atoms. The van der Waals surface area contributed by atoms with Crippen molar-refractivity contribution in [3.05, 3.63) is 24.2 Å². The summed E-state index contributed by atoms with van der Waals surface area (Å²) in [5.41, 5.74) is 0.123. The highest BCUT2D eigenvalue weighted by Crippen LogP contribution is 2.11. The third-order valence-corrected chi connectivity index (χ3v) is 1.87. The Morgan fingerprint density at radius 3 is 2.73 bits per heavy atom. The van der Waals surface area contributed by atoms with Gasteiger partial charge in [-0.25, -0.2) is 0 Å². The summed E-state index contributed by atoms with van der Waals surface area (Å²) in [6, 6.07) is 3.92. The molecule has 0 unspecified atom stereocenters. The van der Waals surface area contributed by atoms with Crippen LogP contribution in [0.3, 0.4) is 0 Å². The lowest BCUT2D eigenvalue weighted by atomic mass is 10.00. The second-order valence-electron chi connectivity index (χ2n) is 3.39. The van der Waals surface area contributed by atoms with Crippen LogP contribution in [-0.4, -0.2) is 12.6 Å². The Kier molecular flexibility index (Phi) is 2.35. The molecule has 0 aliphatic carbocycles. The standard InChI is InChI=1S/C9H15NO/c1-9(2,10-3)7-8-5-4-6-11-8/h4-6,10H,7H2,1-3H3. The van der Waals surface area contributed by atoms with E-state index in [1.807, 2.05) is 19.2 Å². The molecule has 0 saturated heterocycles. The van der Waals surface area contributed by atoms with Crippen LogP contribution in [0.5, 0.6) is 0 Å². The summed E-state index contributed by atoms with van der Waals surface area (Å²) in [5.74, 6) is 1.03. The Bertz CT molecular complexity index is 201. The van der Waals surface area contributed by atoms with E-state index in [0.29, 0.717) is 0 Å². The average Bonchev–Trinajstić information content (AvgIpc) is 2.39. The van der Waals surface area contributed by atoms with E-state index in [1.165, 1.54) is 0 Å². The van der Waals surface area contributed by atoms with E-state index in [1.54, 1.807) is 6.26 Å². The molecule has 0 saturated carbocycles. The molecule has 62 valence electrons. The molecule has 1 rings (SSSR count). The van der Waals surface area contributed by atoms with Crippen LogP contribution < -0.4 is 5.32 Å². The molecule has 0 aliphatic rings. The molecule has 0 radical (unpaired) electrons. The Morgan fingerprint density at radius 2 is 2.27 bits per heavy atom. The minimum Gasteiger partial charge on any atom is -0.469 e. The first kappa shape index (κ1) is 8.34. The predicted octanol–water partition coefficient (Wildman–Crippen LogP) is 1.82. The molecule has 0 fully saturated rings. The molecular formula is C9H15NO. The molecule has 0 aliphatic heterocycles. The second-order valence-corrected chi connectivity index (χ2v) is 3.39. The van der Waals surface area contributed by atoms with Crippen molar-refractivity contribution in [2.75, 3.05) is 7.05 Å². The van der Waals surface area contributed by atoms with E-state index in [0.717, 1.165) is 12.2 Å². The number of nitrogens with one attached hydrogen (secondary N) is 1. The molecule has 1 aromatic heterocycles. The van der Waals surface area contributed by atoms with Gasteiger partial charge < -0.3 is 9.73 Å². The lowest BCUT2D eigenvalue weighted by Gasteiger charge is -2.22. The van der Waals surface area contributed by atoms with Crippen molar-refractivity contribution in [2.45, 2.75) is 25.8 Å². The SMILES string of the molecule is CNC(C)(C)Cc1ccco1. The van der Waals surface area contributed by atoms with E-state index >= 15 is 0 Å². The van der Waals surface area contributed by atoms with Gasteiger partial charge in [-0.3, -0.25) is 0 Å². The Labute approximate surface area is 67.6 Å². The lowest BCUT2D eigenvalue weighted by Crippen LogP contribution is -2.38. The van der Waals surface area contributed by atoms with Crippen LogP contribution in [0.1, 0.15) is 19.6 Å². The first-order valence-corrected chi connectivity index (χ1v) is 3.85. The van der Waals surface area contributed by atoms with E-state index in [2.05, 4.69) is 19.2 Å². The van der Waals surface area contributed by atoms with Crippen molar-refractivity contribution >= 4 is 0 Å². The topological polar surface area (TPSA) is 25.2 Å². The first-order valence-electron chi connectivity index (χ1n) is 3.85. The number of hydrogen-bond donors (Lipinski definition) is 1. The summed E-state index contributed by atoms with van der Waals surface area (Å²) in [7, 11) is 1.96. The van der Waals surface area contributed by atoms with Crippen LogP contribution in [-0.2, 0) is 6.42 Å². The number of rotatable bonds is 3. The number of likely N-dealkylation sites (N-methyl/N-ethyl adjacent to an activating group) is 1. The molecule has 2 heteroatoms. The molecule has 1 N–H and O–H groups in total. The summed E-state index contributed by atoms with van der Waals surface area (Å²) < 4.78 is 5.23. The molecule has 0 atom stereocenters. The third-order valence-electron chi connectivity index (χ3n) is 1.87. The largest absolute Gasteiger partial charge is 0.469 e. The zero-order valence-corrected chi connectivity index (χ0v) is 7.35. The molecule has 0 spiro atoms. The summed E-state index contributed by atoms with van der Waals surface area (Å²) in [5, 5.41) is 3.22. The highest BCUT2D eigenvalue weighted by Gasteiger charge is 2.16. The molecule has 0 amide bonds. The Hall–Kier alpha value is -0.760. The van der Waals surface area contributed by atoms with Crippen LogP contribution in [0, 0.1) is 0 Å². The second kappa shape index (κ2) is 3.09. The van der Waals surface area contributed by atoms with Gasteiger partial charge in [-0.15, -0.1) is 0 Å². The van der Waals surface area contributed by atoms with E-state index in [9.17, 15) is 0 Å². The Morgan fingerprint density at radius 1 is 1.55 bits per heavy atom. The van der Waals surface area contributed by atoms with Gasteiger partial charge in [0.15, 0.2) is 0 Å². The van der Waals surface area contributed by atoms with Crippen LogP contribution in [0.4, 0.5) is 0 Å². The molecular weight excluding hydrogens is 138 g/mol. The summed E-state index contributed by atoms with van der Waals surface area (Å²) >= 11 is 0. The maximum Gasteiger partial charge on any atom is 0.105 e. The fourth-order valence-corrected chi connectivity index (χ4v) is 0.937. The fraction of sp³-hybridized carbons (Fsp3) is 0.556.